The van der Waals surface area contributed by atoms with E-state index in [1.165, 1.54) is 24.5 Å². The number of hydrogen-bond acceptors (Lipinski definition) is 5. The normalized spacial score (nSPS) is 11.0. The molecule has 0 atom stereocenters. The largest absolute Gasteiger partial charge is 0.494 e. The van der Waals surface area contributed by atoms with Gasteiger partial charge >= 0.3 is 0 Å². The number of ether oxygens (including phenoxy) is 1. The Bertz CT molecular complexity index is 1140. The molecule has 29 heavy (non-hydrogen) atoms. The van der Waals surface area contributed by atoms with Crippen molar-refractivity contribution in [1.29, 1.82) is 0 Å². The molecule has 6 heteroatoms. The lowest BCUT2D eigenvalue weighted by Crippen LogP contribution is -1.91. The third-order valence-corrected chi connectivity index (χ3v) is 5.07. The van der Waals surface area contributed by atoms with Crippen LogP contribution < -0.4 is 10.2 Å². The highest BCUT2D eigenvalue weighted by molar-refractivity contribution is 7.14. The number of methoxy groups -OCH3 is 1. The molecule has 0 unspecified atom stereocenters. The molecule has 0 bridgehead atoms. The predicted molar refractivity (Wildman–Crippen MR) is 117 cm³/mol. The fraction of sp³-hybridized carbons (Fsp3) is 0.0435. The Morgan fingerprint density at radius 2 is 1.76 bits per heavy atom. The summed E-state index contributed by atoms with van der Waals surface area (Å²) in [6, 6.07) is 22.7. The van der Waals surface area contributed by atoms with E-state index in [9.17, 15) is 4.39 Å². The molecule has 0 saturated carbocycles. The molecule has 0 radical (unpaired) electrons. The predicted octanol–water partition coefficient (Wildman–Crippen LogP) is 6.07. The molecule has 4 rings (SSSR count). The second-order valence-electron chi connectivity index (χ2n) is 6.25. The van der Waals surface area contributed by atoms with Crippen LogP contribution in [-0.2, 0) is 0 Å². The maximum absolute atomic E-state index is 14.0. The van der Waals surface area contributed by atoms with Gasteiger partial charge in [-0.3, -0.25) is 5.43 Å². The number of thiazole rings is 1. The molecule has 144 valence electrons. The van der Waals surface area contributed by atoms with Crippen LogP contribution in [0.25, 0.3) is 22.4 Å². The molecule has 0 fully saturated rings. The number of benzene rings is 3. The number of nitrogens with one attached hydrogen (secondary N) is 1. The molecule has 1 heterocycles. The van der Waals surface area contributed by atoms with Crippen LogP contribution in [0.5, 0.6) is 5.75 Å². The molecule has 3 aromatic carbocycles. The van der Waals surface area contributed by atoms with Crippen LogP contribution in [0.1, 0.15) is 5.56 Å². The number of hydrogen-bond donors (Lipinski definition) is 1. The Kier molecular flexibility index (Phi) is 5.63. The summed E-state index contributed by atoms with van der Waals surface area (Å²) in [4.78, 5) is 4.54. The third kappa shape index (κ3) is 4.50. The lowest BCUT2D eigenvalue weighted by atomic mass is 10.0. The van der Waals surface area contributed by atoms with Crippen molar-refractivity contribution in [2.24, 2.45) is 5.10 Å². The molecular formula is C23H18FN3OS. The van der Waals surface area contributed by atoms with E-state index in [1.54, 1.807) is 12.3 Å². The third-order valence-electron chi connectivity index (χ3n) is 4.32. The minimum Gasteiger partial charge on any atom is -0.494 e. The molecule has 0 aliphatic heterocycles. The van der Waals surface area contributed by atoms with Gasteiger partial charge in [-0.25, -0.2) is 9.37 Å². The van der Waals surface area contributed by atoms with E-state index in [2.05, 4.69) is 15.5 Å². The van der Waals surface area contributed by atoms with E-state index in [4.69, 9.17) is 4.74 Å². The SMILES string of the molecule is COc1ccc(-c2cccc(C=NNc3nc(-c4ccccc4)cs3)c2)cc1F. The van der Waals surface area contributed by atoms with Crippen molar-refractivity contribution in [3.63, 3.8) is 0 Å². The maximum Gasteiger partial charge on any atom is 0.203 e. The lowest BCUT2D eigenvalue weighted by Gasteiger charge is -2.06. The minimum absolute atomic E-state index is 0.231. The summed E-state index contributed by atoms with van der Waals surface area (Å²) in [5.74, 6) is -0.155. The summed E-state index contributed by atoms with van der Waals surface area (Å²) < 4.78 is 19.0. The zero-order chi connectivity index (χ0) is 20.1. The topological polar surface area (TPSA) is 46.5 Å². The molecule has 1 N–H and O–H groups in total. The monoisotopic (exact) mass is 403 g/mol. The number of hydrazone groups is 1. The van der Waals surface area contributed by atoms with Crippen molar-refractivity contribution in [2.75, 3.05) is 12.5 Å². The first-order valence-electron chi connectivity index (χ1n) is 8.97. The van der Waals surface area contributed by atoms with Crippen LogP contribution in [0.3, 0.4) is 0 Å². The van der Waals surface area contributed by atoms with Gasteiger partial charge < -0.3 is 4.74 Å². The minimum atomic E-state index is -0.385. The molecule has 0 amide bonds. The summed E-state index contributed by atoms with van der Waals surface area (Å²) in [7, 11) is 1.45. The summed E-state index contributed by atoms with van der Waals surface area (Å²) in [5.41, 5.74) is 7.52. The molecular weight excluding hydrogens is 385 g/mol. The van der Waals surface area contributed by atoms with Gasteiger partial charge in [-0.2, -0.15) is 5.10 Å². The highest BCUT2D eigenvalue weighted by Gasteiger charge is 2.06. The van der Waals surface area contributed by atoms with E-state index in [-0.39, 0.29) is 11.6 Å². The Morgan fingerprint density at radius 1 is 0.966 bits per heavy atom. The average molecular weight is 403 g/mol. The van der Waals surface area contributed by atoms with Crippen LogP contribution in [0.15, 0.2) is 83.3 Å². The van der Waals surface area contributed by atoms with Gasteiger partial charge in [-0.1, -0.05) is 54.6 Å². The summed E-state index contributed by atoms with van der Waals surface area (Å²) >= 11 is 1.50. The van der Waals surface area contributed by atoms with Crippen molar-refractivity contribution in [3.8, 4) is 28.1 Å². The summed E-state index contributed by atoms with van der Waals surface area (Å²) in [5, 5.41) is 6.99. The smallest absolute Gasteiger partial charge is 0.203 e. The quantitative estimate of drug-likeness (QED) is 0.314. The molecule has 0 aliphatic rings. The highest BCUT2D eigenvalue weighted by Crippen LogP contribution is 2.26. The molecule has 0 saturated heterocycles. The van der Waals surface area contributed by atoms with Gasteiger partial charge in [0, 0.05) is 10.9 Å². The van der Waals surface area contributed by atoms with Gasteiger partial charge in [-0.05, 0) is 34.9 Å². The average Bonchev–Trinajstić information content (AvgIpc) is 3.23. The van der Waals surface area contributed by atoms with Gasteiger partial charge in [0.1, 0.15) is 0 Å². The number of halogens is 1. The van der Waals surface area contributed by atoms with Crippen LogP contribution in [-0.4, -0.2) is 18.3 Å². The van der Waals surface area contributed by atoms with Crippen molar-refractivity contribution in [2.45, 2.75) is 0 Å². The van der Waals surface area contributed by atoms with Crippen molar-refractivity contribution >= 4 is 22.7 Å². The van der Waals surface area contributed by atoms with E-state index in [0.29, 0.717) is 5.13 Å². The summed E-state index contributed by atoms with van der Waals surface area (Å²) in [6.07, 6.45) is 1.72. The molecule has 4 aromatic rings. The number of rotatable bonds is 6. The molecule has 1 aromatic heterocycles. The second-order valence-corrected chi connectivity index (χ2v) is 7.11. The Morgan fingerprint density at radius 3 is 2.55 bits per heavy atom. The van der Waals surface area contributed by atoms with E-state index in [0.717, 1.165) is 27.9 Å². The first-order valence-corrected chi connectivity index (χ1v) is 9.85. The fourth-order valence-corrected chi connectivity index (χ4v) is 3.54. The van der Waals surface area contributed by atoms with Gasteiger partial charge in [0.2, 0.25) is 5.13 Å². The van der Waals surface area contributed by atoms with Gasteiger partial charge in [0.05, 0.1) is 19.0 Å². The van der Waals surface area contributed by atoms with Crippen molar-refractivity contribution in [3.05, 3.63) is 89.6 Å². The first-order chi connectivity index (χ1) is 14.2. The Labute approximate surface area is 172 Å². The van der Waals surface area contributed by atoms with Gasteiger partial charge in [0.25, 0.3) is 0 Å². The standard InChI is InChI=1S/C23H18FN3OS/c1-28-22-11-10-19(13-20(22)24)18-9-5-6-16(12-18)14-25-27-23-26-21(15-29-23)17-7-3-2-4-8-17/h2-15H,1H3,(H,26,27). The van der Waals surface area contributed by atoms with Crippen LogP contribution in [0, 0.1) is 5.82 Å². The lowest BCUT2D eigenvalue weighted by molar-refractivity contribution is 0.386. The zero-order valence-corrected chi connectivity index (χ0v) is 16.5. The Balaban J connectivity index is 1.46. The first kappa shape index (κ1) is 18.8. The molecule has 0 aliphatic carbocycles. The second kappa shape index (κ2) is 8.67. The summed E-state index contributed by atoms with van der Waals surface area (Å²) in [6.45, 7) is 0. The van der Waals surface area contributed by atoms with Gasteiger partial charge in [0.15, 0.2) is 11.6 Å². The number of anilines is 1. The fourth-order valence-electron chi connectivity index (χ4n) is 2.87. The number of aromatic nitrogens is 1. The maximum atomic E-state index is 14.0. The molecule has 0 spiro atoms. The van der Waals surface area contributed by atoms with E-state index >= 15 is 0 Å². The van der Waals surface area contributed by atoms with E-state index < -0.39 is 0 Å². The van der Waals surface area contributed by atoms with E-state index in [1.807, 2.05) is 66.0 Å². The van der Waals surface area contributed by atoms with Gasteiger partial charge in [-0.15, -0.1) is 11.3 Å². The zero-order valence-electron chi connectivity index (χ0n) is 15.7. The Hall–Kier alpha value is -3.51. The van der Waals surface area contributed by atoms with Crippen LogP contribution >= 0.6 is 11.3 Å². The van der Waals surface area contributed by atoms with Crippen molar-refractivity contribution in [1.82, 2.24) is 4.98 Å². The number of nitrogens with zero attached hydrogens (tertiary/aromatic N) is 2. The van der Waals surface area contributed by atoms with Crippen LogP contribution in [0.4, 0.5) is 9.52 Å². The van der Waals surface area contributed by atoms with Crippen LogP contribution in [0.2, 0.25) is 0 Å². The van der Waals surface area contributed by atoms with Crippen molar-refractivity contribution < 1.29 is 9.13 Å². The molecule has 4 nitrogen and oxygen atoms in total. The highest BCUT2D eigenvalue weighted by atomic mass is 32.1.